The number of benzene rings is 1. The summed E-state index contributed by atoms with van der Waals surface area (Å²) in [5.74, 6) is 1.00. The molecular weight excluding hydrogens is 230 g/mol. The SMILES string of the molecule is CN(CCSc1cnccn1)c1ccccc1. The van der Waals surface area contributed by atoms with E-state index in [-0.39, 0.29) is 0 Å². The van der Waals surface area contributed by atoms with Crippen LogP contribution in [0, 0.1) is 0 Å². The minimum atomic E-state index is 0.981. The molecule has 1 heterocycles. The molecule has 0 N–H and O–H groups in total. The maximum Gasteiger partial charge on any atom is 0.114 e. The first-order chi connectivity index (χ1) is 8.36. The second-order valence-electron chi connectivity index (χ2n) is 3.65. The quantitative estimate of drug-likeness (QED) is 0.757. The fourth-order valence-corrected chi connectivity index (χ4v) is 2.30. The summed E-state index contributed by atoms with van der Waals surface area (Å²) in [6.45, 7) is 0.991. The summed E-state index contributed by atoms with van der Waals surface area (Å²) in [5, 5.41) is 0.981. The third-order valence-corrected chi connectivity index (χ3v) is 3.31. The number of hydrogen-bond acceptors (Lipinski definition) is 4. The van der Waals surface area contributed by atoms with Gasteiger partial charge < -0.3 is 4.90 Å². The average Bonchev–Trinajstić information content (AvgIpc) is 2.41. The Labute approximate surface area is 106 Å². The van der Waals surface area contributed by atoms with E-state index in [4.69, 9.17) is 0 Å². The topological polar surface area (TPSA) is 29.0 Å². The van der Waals surface area contributed by atoms with Crippen LogP contribution in [0.2, 0.25) is 0 Å². The van der Waals surface area contributed by atoms with E-state index in [1.165, 1.54) is 5.69 Å². The molecule has 0 aliphatic carbocycles. The summed E-state index contributed by atoms with van der Waals surface area (Å²) >= 11 is 1.73. The zero-order valence-corrected chi connectivity index (χ0v) is 10.6. The predicted molar refractivity (Wildman–Crippen MR) is 72.5 cm³/mol. The highest BCUT2D eigenvalue weighted by Gasteiger charge is 2.00. The Bertz CT molecular complexity index is 433. The summed E-state index contributed by atoms with van der Waals surface area (Å²) in [4.78, 5) is 10.5. The van der Waals surface area contributed by atoms with Crippen LogP contribution in [0.5, 0.6) is 0 Å². The molecule has 4 heteroatoms. The first kappa shape index (κ1) is 11.9. The Morgan fingerprint density at radius 3 is 2.71 bits per heavy atom. The van der Waals surface area contributed by atoms with Crippen LogP contribution < -0.4 is 4.90 Å². The largest absolute Gasteiger partial charge is 0.374 e. The van der Waals surface area contributed by atoms with Crippen molar-refractivity contribution in [1.82, 2.24) is 9.97 Å². The molecule has 0 aliphatic heterocycles. The van der Waals surface area contributed by atoms with Gasteiger partial charge in [-0.1, -0.05) is 18.2 Å². The van der Waals surface area contributed by atoms with E-state index in [0.29, 0.717) is 0 Å². The molecule has 1 aromatic carbocycles. The minimum absolute atomic E-state index is 0.981. The molecule has 0 saturated heterocycles. The van der Waals surface area contributed by atoms with Crippen LogP contribution >= 0.6 is 11.8 Å². The van der Waals surface area contributed by atoms with Crippen molar-refractivity contribution in [2.45, 2.75) is 5.03 Å². The van der Waals surface area contributed by atoms with Crippen LogP contribution in [0.4, 0.5) is 5.69 Å². The normalized spacial score (nSPS) is 10.2. The molecule has 0 atom stereocenters. The van der Waals surface area contributed by atoms with Crippen molar-refractivity contribution in [2.75, 3.05) is 24.2 Å². The number of rotatable bonds is 5. The van der Waals surface area contributed by atoms with Crippen LogP contribution in [0.1, 0.15) is 0 Å². The lowest BCUT2D eigenvalue weighted by Crippen LogP contribution is -2.19. The van der Waals surface area contributed by atoms with Crippen LogP contribution in [-0.4, -0.2) is 29.3 Å². The Hall–Kier alpha value is -1.55. The molecule has 88 valence electrons. The van der Waals surface area contributed by atoms with Crippen molar-refractivity contribution in [3.8, 4) is 0 Å². The van der Waals surface area contributed by atoms with Crippen LogP contribution in [-0.2, 0) is 0 Å². The van der Waals surface area contributed by atoms with E-state index < -0.39 is 0 Å². The number of aromatic nitrogens is 2. The zero-order valence-electron chi connectivity index (χ0n) is 9.78. The molecule has 1 aromatic heterocycles. The maximum absolute atomic E-state index is 4.23. The van der Waals surface area contributed by atoms with Gasteiger partial charge in [-0.15, -0.1) is 11.8 Å². The highest BCUT2D eigenvalue weighted by Crippen LogP contribution is 2.15. The number of hydrogen-bond donors (Lipinski definition) is 0. The molecule has 0 bridgehead atoms. The van der Waals surface area contributed by atoms with E-state index in [0.717, 1.165) is 17.3 Å². The van der Waals surface area contributed by atoms with Gasteiger partial charge in [0, 0.05) is 37.4 Å². The molecule has 17 heavy (non-hydrogen) atoms. The Morgan fingerprint density at radius 2 is 2.00 bits per heavy atom. The highest BCUT2D eigenvalue weighted by molar-refractivity contribution is 7.99. The second kappa shape index (κ2) is 6.25. The number of thioether (sulfide) groups is 1. The molecule has 0 spiro atoms. The van der Waals surface area contributed by atoms with Crippen molar-refractivity contribution in [1.29, 1.82) is 0 Å². The Morgan fingerprint density at radius 1 is 1.18 bits per heavy atom. The number of anilines is 1. The molecule has 2 rings (SSSR count). The smallest absolute Gasteiger partial charge is 0.114 e. The van der Waals surface area contributed by atoms with Gasteiger partial charge in [0.1, 0.15) is 5.03 Å². The van der Waals surface area contributed by atoms with Crippen molar-refractivity contribution < 1.29 is 0 Å². The van der Waals surface area contributed by atoms with Gasteiger partial charge in [0.2, 0.25) is 0 Å². The molecule has 2 aromatic rings. The molecule has 0 fully saturated rings. The second-order valence-corrected chi connectivity index (χ2v) is 4.76. The van der Waals surface area contributed by atoms with Crippen LogP contribution in [0.15, 0.2) is 53.9 Å². The Balaban J connectivity index is 1.79. The first-order valence-electron chi connectivity index (χ1n) is 5.51. The van der Waals surface area contributed by atoms with Crippen molar-refractivity contribution in [2.24, 2.45) is 0 Å². The monoisotopic (exact) mass is 245 g/mol. The molecule has 0 saturated carbocycles. The predicted octanol–water partition coefficient (Wildman–Crippen LogP) is 2.71. The van der Waals surface area contributed by atoms with Gasteiger partial charge >= 0.3 is 0 Å². The van der Waals surface area contributed by atoms with Gasteiger partial charge in [-0.2, -0.15) is 0 Å². The summed E-state index contributed by atoms with van der Waals surface area (Å²) < 4.78 is 0. The molecule has 0 radical (unpaired) electrons. The highest BCUT2D eigenvalue weighted by atomic mass is 32.2. The third kappa shape index (κ3) is 3.75. The number of para-hydroxylation sites is 1. The lowest BCUT2D eigenvalue weighted by molar-refractivity contribution is 0.972. The van der Waals surface area contributed by atoms with E-state index >= 15 is 0 Å². The summed E-state index contributed by atoms with van der Waals surface area (Å²) in [6.07, 6.45) is 5.22. The molecule has 0 aliphatic rings. The van der Waals surface area contributed by atoms with Gasteiger partial charge in [-0.05, 0) is 12.1 Å². The molecule has 0 amide bonds. The van der Waals surface area contributed by atoms with Gasteiger partial charge in [0.15, 0.2) is 0 Å². The van der Waals surface area contributed by atoms with E-state index in [1.807, 2.05) is 6.07 Å². The van der Waals surface area contributed by atoms with Crippen molar-refractivity contribution in [3.63, 3.8) is 0 Å². The van der Waals surface area contributed by atoms with Crippen LogP contribution in [0.25, 0.3) is 0 Å². The summed E-state index contributed by atoms with van der Waals surface area (Å²) in [6, 6.07) is 10.4. The fraction of sp³-hybridized carbons (Fsp3) is 0.231. The first-order valence-corrected chi connectivity index (χ1v) is 6.50. The van der Waals surface area contributed by atoms with Gasteiger partial charge in [0.25, 0.3) is 0 Å². The number of nitrogens with zero attached hydrogens (tertiary/aromatic N) is 3. The average molecular weight is 245 g/mol. The standard InChI is InChI=1S/C13H15N3S/c1-16(12-5-3-2-4-6-12)9-10-17-13-11-14-7-8-15-13/h2-8,11H,9-10H2,1H3. The van der Waals surface area contributed by atoms with Gasteiger partial charge in [-0.25, -0.2) is 4.98 Å². The van der Waals surface area contributed by atoms with E-state index in [9.17, 15) is 0 Å². The van der Waals surface area contributed by atoms with E-state index in [1.54, 1.807) is 30.4 Å². The summed E-state index contributed by atoms with van der Waals surface area (Å²) in [7, 11) is 2.10. The maximum atomic E-state index is 4.23. The van der Waals surface area contributed by atoms with Crippen molar-refractivity contribution >= 4 is 17.4 Å². The third-order valence-electron chi connectivity index (χ3n) is 2.41. The minimum Gasteiger partial charge on any atom is -0.374 e. The zero-order chi connectivity index (χ0) is 11.9. The van der Waals surface area contributed by atoms with Gasteiger partial charge in [0.05, 0.1) is 6.20 Å². The lowest BCUT2D eigenvalue weighted by atomic mass is 10.3. The van der Waals surface area contributed by atoms with Crippen LogP contribution in [0.3, 0.4) is 0 Å². The molecular formula is C13H15N3S. The fourth-order valence-electron chi connectivity index (χ4n) is 1.46. The Kier molecular flexibility index (Phi) is 4.38. The molecule has 0 unspecified atom stereocenters. The van der Waals surface area contributed by atoms with E-state index in [2.05, 4.69) is 46.2 Å². The summed E-state index contributed by atoms with van der Waals surface area (Å²) in [5.41, 5.74) is 1.24. The molecule has 3 nitrogen and oxygen atoms in total. The lowest BCUT2D eigenvalue weighted by Gasteiger charge is -2.18. The van der Waals surface area contributed by atoms with Crippen molar-refractivity contribution in [3.05, 3.63) is 48.9 Å². The van der Waals surface area contributed by atoms with Gasteiger partial charge in [-0.3, -0.25) is 4.98 Å².